The van der Waals surface area contributed by atoms with Crippen LogP contribution >= 0.6 is 0 Å². The summed E-state index contributed by atoms with van der Waals surface area (Å²) in [4.78, 5) is 27.7. The highest BCUT2D eigenvalue weighted by Gasteiger charge is 2.33. The zero-order valence-corrected chi connectivity index (χ0v) is 24.4. The number of aliphatic imine (C=N–C) groups is 1. The van der Waals surface area contributed by atoms with E-state index < -0.39 is 0 Å². The number of aromatic nitrogens is 4. The predicted octanol–water partition coefficient (Wildman–Crippen LogP) is 6.15. The highest BCUT2D eigenvalue weighted by molar-refractivity contribution is 6.11. The molecule has 0 saturated heterocycles. The third-order valence-electron chi connectivity index (χ3n) is 8.66. The molecule has 1 saturated carbocycles. The number of rotatable bonds is 9. The number of hydrogen-bond acceptors (Lipinski definition) is 5. The van der Waals surface area contributed by atoms with E-state index in [0.717, 1.165) is 71.4 Å². The first kappa shape index (κ1) is 28.3. The molecule has 6 rings (SSSR count). The summed E-state index contributed by atoms with van der Waals surface area (Å²) in [6, 6.07) is 18.8. The van der Waals surface area contributed by atoms with Gasteiger partial charge in [0.2, 0.25) is 5.91 Å². The zero-order valence-electron chi connectivity index (χ0n) is 24.4. The Hall–Kier alpha value is -4.83. The Bertz CT molecular complexity index is 1640. The van der Waals surface area contributed by atoms with Crippen molar-refractivity contribution in [3.63, 3.8) is 0 Å². The summed E-state index contributed by atoms with van der Waals surface area (Å²) >= 11 is 0. The molecule has 1 aliphatic heterocycles. The molecule has 1 fully saturated rings. The second-order valence-electron chi connectivity index (χ2n) is 11.6. The van der Waals surface area contributed by atoms with Gasteiger partial charge in [-0.1, -0.05) is 66.6 Å². The summed E-state index contributed by atoms with van der Waals surface area (Å²) in [7, 11) is 0. The molecule has 3 heterocycles. The molecule has 2 aromatic heterocycles. The van der Waals surface area contributed by atoms with Crippen molar-refractivity contribution in [1.82, 2.24) is 25.5 Å². The Morgan fingerprint density at radius 1 is 1.05 bits per heavy atom. The molecule has 216 valence electrons. The molecule has 2 aliphatic rings. The molecule has 2 N–H and O–H groups in total. The summed E-state index contributed by atoms with van der Waals surface area (Å²) in [6.45, 7) is 2.60. The molecule has 7 nitrogen and oxygen atoms in total. The van der Waals surface area contributed by atoms with Gasteiger partial charge >= 0.3 is 0 Å². The lowest BCUT2D eigenvalue weighted by Crippen LogP contribution is -2.35. The Balaban J connectivity index is 1.16. The molecule has 43 heavy (non-hydrogen) atoms. The summed E-state index contributed by atoms with van der Waals surface area (Å²) in [6.07, 6.45) is 19.9. The van der Waals surface area contributed by atoms with Crippen LogP contribution in [0.5, 0.6) is 0 Å². The number of allylic oxidation sites excluding steroid dienone is 1. The van der Waals surface area contributed by atoms with E-state index in [2.05, 4.69) is 68.7 Å². The Kier molecular flexibility index (Phi) is 8.55. The number of carbonyl (C=O) groups is 1. The lowest BCUT2D eigenvalue weighted by atomic mass is 9.72. The maximum absolute atomic E-state index is 13.8. The summed E-state index contributed by atoms with van der Waals surface area (Å²) in [5.41, 5.74) is 6.70. The molecule has 4 aromatic rings. The first-order valence-electron chi connectivity index (χ1n) is 15.1. The molecule has 2 atom stereocenters. The quantitative estimate of drug-likeness (QED) is 0.237. The number of terminal acetylenes is 1. The number of aromatic amines is 1. The number of hydrogen-bond donors (Lipinski definition) is 2. The van der Waals surface area contributed by atoms with Crippen LogP contribution in [0.1, 0.15) is 66.6 Å². The average molecular weight is 569 g/mol. The van der Waals surface area contributed by atoms with Crippen LogP contribution in [0.25, 0.3) is 16.8 Å². The molecule has 0 radical (unpaired) electrons. The minimum absolute atomic E-state index is 0.0910. The van der Waals surface area contributed by atoms with Gasteiger partial charge in [0, 0.05) is 37.1 Å². The number of amides is 1. The standard InChI is InChI=1S/C36H36N6O/c1-3-27-20-38-33(42-35(27)32-22-40-41-23-32)18-25-9-11-29(12-10-25)34(36(43)39-19-26-7-5-4-6-8-26)30-15-13-28(14-16-30)31-17-24(2)37-21-31/h1,4-8,13-17,20-25,29,34H,9-12,18-19H2,2H3,(H,39,43)(H,40,41). The molecular formula is C36H36N6O. The number of nitrogens with zero attached hydrogens (tertiary/aromatic N) is 4. The van der Waals surface area contributed by atoms with Gasteiger partial charge < -0.3 is 5.32 Å². The molecule has 2 aromatic carbocycles. The van der Waals surface area contributed by atoms with Crippen LogP contribution in [0.15, 0.2) is 84.3 Å². The third-order valence-corrected chi connectivity index (χ3v) is 8.66. The topological polar surface area (TPSA) is 95.9 Å². The van der Waals surface area contributed by atoms with E-state index in [1.54, 1.807) is 18.6 Å². The van der Waals surface area contributed by atoms with Crippen LogP contribution in [-0.2, 0) is 17.8 Å². The zero-order chi connectivity index (χ0) is 29.6. The Morgan fingerprint density at radius 3 is 2.51 bits per heavy atom. The van der Waals surface area contributed by atoms with E-state index in [4.69, 9.17) is 11.4 Å². The number of nitrogens with one attached hydrogen (secondary N) is 2. The van der Waals surface area contributed by atoms with Crippen molar-refractivity contribution < 1.29 is 4.79 Å². The van der Waals surface area contributed by atoms with Crippen molar-refractivity contribution >= 4 is 17.7 Å². The smallest absolute Gasteiger partial charge is 0.228 e. The van der Waals surface area contributed by atoms with Crippen molar-refractivity contribution in [3.8, 4) is 23.6 Å². The molecule has 0 spiro atoms. The summed E-state index contributed by atoms with van der Waals surface area (Å²) in [5, 5.41) is 10.1. The second-order valence-corrected chi connectivity index (χ2v) is 11.6. The number of H-pyrrole nitrogens is 1. The first-order chi connectivity index (χ1) is 21.1. The van der Waals surface area contributed by atoms with Gasteiger partial charge in [0.15, 0.2) is 0 Å². The fourth-order valence-corrected chi connectivity index (χ4v) is 6.34. The maximum Gasteiger partial charge on any atom is 0.228 e. The second kappa shape index (κ2) is 13.0. The predicted molar refractivity (Wildman–Crippen MR) is 170 cm³/mol. The minimum Gasteiger partial charge on any atom is -0.351 e. The van der Waals surface area contributed by atoms with Crippen LogP contribution in [0.2, 0.25) is 0 Å². The highest BCUT2D eigenvalue weighted by atomic mass is 16.1. The fraction of sp³-hybridized carbons (Fsp3) is 0.306. The minimum atomic E-state index is -0.206. The fourth-order valence-electron chi connectivity index (χ4n) is 6.34. The normalized spacial score (nSPS) is 20.3. The van der Waals surface area contributed by atoms with Crippen molar-refractivity contribution in [3.05, 3.63) is 107 Å². The van der Waals surface area contributed by atoms with Crippen molar-refractivity contribution in [2.45, 2.75) is 57.5 Å². The van der Waals surface area contributed by atoms with E-state index in [-0.39, 0.29) is 23.8 Å². The van der Waals surface area contributed by atoms with Crippen LogP contribution in [0.4, 0.5) is 0 Å². The van der Waals surface area contributed by atoms with Gasteiger partial charge in [-0.3, -0.25) is 14.9 Å². The van der Waals surface area contributed by atoms with Gasteiger partial charge in [-0.25, -0.2) is 9.97 Å². The average Bonchev–Trinajstić information content (AvgIpc) is 3.74. The SMILES string of the molecule is C#Cc1cnc(CC2CCC(C(C(=O)NCc3ccccc3)c3ccc(C4=CC(C)N=C4)cc3)CC2)nc1-c1cn[nH]c1. The van der Waals surface area contributed by atoms with Crippen molar-refractivity contribution in [1.29, 1.82) is 0 Å². The lowest BCUT2D eigenvalue weighted by Gasteiger charge is -2.33. The molecular weight excluding hydrogens is 532 g/mol. The Labute approximate surface area is 253 Å². The van der Waals surface area contributed by atoms with Crippen LogP contribution in [0, 0.1) is 24.2 Å². The van der Waals surface area contributed by atoms with Gasteiger partial charge in [-0.15, -0.1) is 6.42 Å². The van der Waals surface area contributed by atoms with E-state index in [1.165, 1.54) is 0 Å². The van der Waals surface area contributed by atoms with Crippen LogP contribution < -0.4 is 5.32 Å². The Morgan fingerprint density at radius 2 is 1.84 bits per heavy atom. The van der Waals surface area contributed by atoms with Crippen LogP contribution in [-0.4, -0.2) is 38.3 Å². The van der Waals surface area contributed by atoms with Crippen LogP contribution in [0.3, 0.4) is 0 Å². The molecule has 2 unspecified atom stereocenters. The third kappa shape index (κ3) is 6.65. The largest absolute Gasteiger partial charge is 0.351 e. The summed E-state index contributed by atoms with van der Waals surface area (Å²) < 4.78 is 0. The molecule has 1 aliphatic carbocycles. The van der Waals surface area contributed by atoms with Gasteiger partial charge in [-0.2, -0.15) is 5.10 Å². The highest BCUT2D eigenvalue weighted by Crippen LogP contribution is 2.40. The molecule has 0 bridgehead atoms. The monoisotopic (exact) mass is 568 g/mol. The molecule has 1 amide bonds. The van der Waals surface area contributed by atoms with E-state index in [9.17, 15) is 4.79 Å². The van der Waals surface area contributed by atoms with Crippen molar-refractivity contribution in [2.75, 3.05) is 0 Å². The number of carbonyl (C=O) groups excluding carboxylic acids is 1. The van der Waals surface area contributed by atoms with E-state index >= 15 is 0 Å². The van der Waals surface area contributed by atoms with Gasteiger partial charge in [0.25, 0.3) is 0 Å². The summed E-state index contributed by atoms with van der Waals surface area (Å²) in [5.74, 6) is 4.08. The first-order valence-corrected chi connectivity index (χ1v) is 15.1. The maximum atomic E-state index is 13.8. The number of benzene rings is 2. The molecule has 7 heteroatoms. The van der Waals surface area contributed by atoms with E-state index in [0.29, 0.717) is 18.0 Å². The van der Waals surface area contributed by atoms with Gasteiger partial charge in [0.1, 0.15) is 5.82 Å². The van der Waals surface area contributed by atoms with Crippen molar-refractivity contribution in [2.24, 2.45) is 16.8 Å². The van der Waals surface area contributed by atoms with Gasteiger partial charge in [-0.05, 0) is 66.7 Å². The van der Waals surface area contributed by atoms with Gasteiger partial charge in [0.05, 0.1) is 29.4 Å². The van der Waals surface area contributed by atoms with E-state index in [1.807, 2.05) is 36.5 Å². The lowest BCUT2D eigenvalue weighted by molar-refractivity contribution is -0.124.